The molecule has 0 amide bonds. The van der Waals surface area contributed by atoms with Gasteiger partial charge in [-0.15, -0.1) is 0 Å². The Labute approximate surface area is 98.2 Å². The van der Waals surface area contributed by atoms with E-state index in [4.69, 9.17) is 5.73 Å². The van der Waals surface area contributed by atoms with Crippen molar-refractivity contribution in [3.8, 4) is 0 Å². The van der Waals surface area contributed by atoms with Gasteiger partial charge in [0.05, 0.1) is 0 Å². The minimum atomic E-state index is 0.427. The van der Waals surface area contributed by atoms with Crippen molar-refractivity contribution in [1.82, 2.24) is 0 Å². The van der Waals surface area contributed by atoms with Crippen molar-refractivity contribution in [2.45, 2.75) is 51.6 Å². The standard InChI is InChI=1S/C14H22N2/c1-10-4-3-5-11(2)14(10)16-13-8-6-12(15)7-9-13/h3-5,12-13,16H,6-9,15H2,1-2H3. The molecule has 0 unspecified atom stereocenters. The van der Waals surface area contributed by atoms with Crippen molar-refractivity contribution >= 4 is 5.69 Å². The van der Waals surface area contributed by atoms with E-state index in [1.165, 1.54) is 29.7 Å². The molecular formula is C14H22N2. The average molecular weight is 218 g/mol. The Morgan fingerprint density at radius 2 is 1.62 bits per heavy atom. The van der Waals surface area contributed by atoms with Gasteiger partial charge in [-0.3, -0.25) is 0 Å². The molecule has 0 saturated heterocycles. The Bertz CT molecular complexity index is 332. The van der Waals surface area contributed by atoms with Crippen molar-refractivity contribution in [2.24, 2.45) is 5.73 Å². The largest absolute Gasteiger partial charge is 0.382 e. The van der Waals surface area contributed by atoms with E-state index in [0.717, 1.165) is 12.8 Å². The molecule has 0 bridgehead atoms. The lowest BCUT2D eigenvalue weighted by Crippen LogP contribution is -2.33. The summed E-state index contributed by atoms with van der Waals surface area (Å²) in [5.41, 5.74) is 9.93. The van der Waals surface area contributed by atoms with Crippen LogP contribution in [0.3, 0.4) is 0 Å². The number of aryl methyl sites for hydroxylation is 2. The molecule has 0 atom stereocenters. The number of rotatable bonds is 2. The second-order valence-electron chi connectivity index (χ2n) is 5.02. The highest BCUT2D eigenvalue weighted by molar-refractivity contribution is 5.57. The summed E-state index contributed by atoms with van der Waals surface area (Å²) in [6.07, 6.45) is 4.72. The molecule has 1 fully saturated rings. The summed E-state index contributed by atoms with van der Waals surface area (Å²) in [4.78, 5) is 0. The van der Waals surface area contributed by atoms with Gasteiger partial charge in [0.25, 0.3) is 0 Å². The lowest BCUT2D eigenvalue weighted by Gasteiger charge is -2.28. The van der Waals surface area contributed by atoms with Crippen LogP contribution >= 0.6 is 0 Å². The fourth-order valence-corrected chi connectivity index (χ4v) is 2.51. The van der Waals surface area contributed by atoms with Gasteiger partial charge in [-0.05, 0) is 50.7 Å². The van der Waals surface area contributed by atoms with Gasteiger partial charge in [0.15, 0.2) is 0 Å². The van der Waals surface area contributed by atoms with Crippen LogP contribution in [0.25, 0.3) is 0 Å². The molecule has 1 aromatic carbocycles. The van der Waals surface area contributed by atoms with Gasteiger partial charge in [0.2, 0.25) is 0 Å². The summed E-state index contributed by atoms with van der Waals surface area (Å²) in [6, 6.07) is 7.50. The predicted octanol–water partition coefficient (Wildman–Crippen LogP) is 2.99. The summed E-state index contributed by atoms with van der Waals surface area (Å²) in [6.45, 7) is 4.34. The molecule has 1 saturated carbocycles. The monoisotopic (exact) mass is 218 g/mol. The van der Waals surface area contributed by atoms with Gasteiger partial charge >= 0.3 is 0 Å². The number of anilines is 1. The average Bonchev–Trinajstić information content (AvgIpc) is 2.26. The Balaban J connectivity index is 2.04. The van der Waals surface area contributed by atoms with Crippen LogP contribution in [-0.2, 0) is 0 Å². The fraction of sp³-hybridized carbons (Fsp3) is 0.571. The third kappa shape index (κ3) is 2.56. The van der Waals surface area contributed by atoms with Gasteiger partial charge < -0.3 is 11.1 Å². The fourth-order valence-electron chi connectivity index (χ4n) is 2.51. The highest BCUT2D eigenvalue weighted by Crippen LogP contribution is 2.25. The Morgan fingerprint density at radius 1 is 1.06 bits per heavy atom. The Kier molecular flexibility index (Phi) is 3.49. The molecule has 3 N–H and O–H groups in total. The highest BCUT2D eigenvalue weighted by atomic mass is 14.9. The van der Waals surface area contributed by atoms with Crippen molar-refractivity contribution in [3.05, 3.63) is 29.3 Å². The van der Waals surface area contributed by atoms with E-state index in [1.54, 1.807) is 0 Å². The van der Waals surface area contributed by atoms with Gasteiger partial charge in [-0.25, -0.2) is 0 Å². The summed E-state index contributed by atoms with van der Waals surface area (Å²) in [7, 11) is 0. The Morgan fingerprint density at radius 3 is 2.19 bits per heavy atom. The van der Waals surface area contributed by atoms with E-state index < -0.39 is 0 Å². The van der Waals surface area contributed by atoms with Crippen molar-refractivity contribution in [1.29, 1.82) is 0 Å². The second kappa shape index (κ2) is 4.88. The molecule has 0 aromatic heterocycles. The molecule has 1 aromatic rings. The molecule has 2 nitrogen and oxygen atoms in total. The maximum atomic E-state index is 5.92. The van der Waals surface area contributed by atoms with Crippen LogP contribution in [0.1, 0.15) is 36.8 Å². The molecule has 0 aliphatic heterocycles. The molecule has 2 heteroatoms. The van der Waals surface area contributed by atoms with E-state index in [2.05, 4.69) is 37.4 Å². The molecule has 88 valence electrons. The Hall–Kier alpha value is -1.02. The molecule has 16 heavy (non-hydrogen) atoms. The number of para-hydroxylation sites is 1. The topological polar surface area (TPSA) is 38.0 Å². The van der Waals surface area contributed by atoms with Crippen LogP contribution in [0.2, 0.25) is 0 Å². The number of hydrogen-bond donors (Lipinski definition) is 2. The molecule has 0 heterocycles. The van der Waals surface area contributed by atoms with Gasteiger partial charge in [0, 0.05) is 17.8 Å². The first kappa shape index (κ1) is 11.5. The molecular weight excluding hydrogens is 196 g/mol. The SMILES string of the molecule is Cc1cccc(C)c1NC1CCC(N)CC1. The zero-order valence-corrected chi connectivity index (χ0v) is 10.3. The molecule has 0 radical (unpaired) electrons. The number of nitrogens with two attached hydrogens (primary N) is 1. The summed E-state index contributed by atoms with van der Waals surface area (Å²) < 4.78 is 0. The molecule has 0 spiro atoms. The van der Waals surface area contributed by atoms with E-state index in [1.807, 2.05) is 0 Å². The van der Waals surface area contributed by atoms with Crippen molar-refractivity contribution in [3.63, 3.8) is 0 Å². The first-order valence-corrected chi connectivity index (χ1v) is 6.25. The van der Waals surface area contributed by atoms with Crippen molar-refractivity contribution < 1.29 is 0 Å². The van der Waals surface area contributed by atoms with Gasteiger partial charge in [0.1, 0.15) is 0 Å². The lowest BCUT2D eigenvalue weighted by atomic mass is 9.91. The van der Waals surface area contributed by atoms with E-state index in [9.17, 15) is 0 Å². The van der Waals surface area contributed by atoms with Crippen LogP contribution in [-0.4, -0.2) is 12.1 Å². The number of hydrogen-bond acceptors (Lipinski definition) is 2. The van der Waals surface area contributed by atoms with E-state index >= 15 is 0 Å². The minimum Gasteiger partial charge on any atom is -0.382 e. The molecule has 2 rings (SSSR count). The van der Waals surface area contributed by atoms with Crippen LogP contribution in [0.5, 0.6) is 0 Å². The van der Waals surface area contributed by atoms with E-state index in [0.29, 0.717) is 12.1 Å². The third-order valence-electron chi connectivity index (χ3n) is 3.60. The normalized spacial score (nSPS) is 25.4. The molecule has 1 aliphatic carbocycles. The summed E-state index contributed by atoms with van der Waals surface area (Å²) in [5, 5.41) is 3.68. The van der Waals surface area contributed by atoms with Crippen LogP contribution in [0.4, 0.5) is 5.69 Å². The smallest absolute Gasteiger partial charge is 0.0401 e. The minimum absolute atomic E-state index is 0.427. The van der Waals surface area contributed by atoms with Crippen LogP contribution < -0.4 is 11.1 Å². The van der Waals surface area contributed by atoms with Crippen LogP contribution in [0.15, 0.2) is 18.2 Å². The first-order chi connectivity index (χ1) is 7.66. The van der Waals surface area contributed by atoms with Crippen molar-refractivity contribution in [2.75, 3.05) is 5.32 Å². The zero-order chi connectivity index (χ0) is 11.5. The number of nitrogens with one attached hydrogen (secondary N) is 1. The summed E-state index contributed by atoms with van der Waals surface area (Å²) >= 11 is 0. The quantitative estimate of drug-likeness (QED) is 0.801. The predicted molar refractivity (Wildman–Crippen MR) is 69.8 cm³/mol. The van der Waals surface area contributed by atoms with Crippen LogP contribution in [0, 0.1) is 13.8 Å². The second-order valence-corrected chi connectivity index (χ2v) is 5.02. The number of benzene rings is 1. The third-order valence-corrected chi connectivity index (χ3v) is 3.60. The lowest BCUT2D eigenvalue weighted by molar-refractivity contribution is 0.411. The van der Waals surface area contributed by atoms with Gasteiger partial charge in [-0.1, -0.05) is 18.2 Å². The maximum absolute atomic E-state index is 5.92. The van der Waals surface area contributed by atoms with E-state index in [-0.39, 0.29) is 0 Å². The first-order valence-electron chi connectivity index (χ1n) is 6.25. The maximum Gasteiger partial charge on any atom is 0.0401 e. The summed E-state index contributed by atoms with van der Waals surface area (Å²) in [5.74, 6) is 0. The van der Waals surface area contributed by atoms with Gasteiger partial charge in [-0.2, -0.15) is 0 Å². The zero-order valence-electron chi connectivity index (χ0n) is 10.3. The molecule has 1 aliphatic rings. The highest BCUT2D eigenvalue weighted by Gasteiger charge is 2.18.